The highest BCUT2D eigenvalue weighted by molar-refractivity contribution is 8.00. The van der Waals surface area contributed by atoms with Crippen LogP contribution in [0.3, 0.4) is 0 Å². The molecule has 0 unspecified atom stereocenters. The minimum absolute atomic E-state index is 0.108. The molecule has 1 saturated heterocycles. The van der Waals surface area contributed by atoms with Crippen LogP contribution >= 0.6 is 11.8 Å². The van der Waals surface area contributed by atoms with Gasteiger partial charge in [-0.05, 0) is 38.9 Å². The monoisotopic (exact) mass is 416 g/mol. The molecule has 2 heterocycles. The molecule has 0 bridgehead atoms. The first-order valence-corrected chi connectivity index (χ1v) is 11.3. The molecule has 29 heavy (non-hydrogen) atoms. The standard InChI is InChI=1S/C22H32N4O2S/c1-16-6-5-7-18(14-16)20-24-19(28-25-20)15-26-11-8-17(9-12-26)21(27)23-10-13-29-22(2,3)4/h5-7,14,17H,8-13,15H2,1-4H3,(H,23,27). The van der Waals surface area contributed by atoms with Crippen molar-refractivity contribution in [3.63, 3.8) is 0 Å². The van der Waals surface area contributed by atoms with Gasteiger partial charge >= 0.3 is 0 Å². The number of benzene rings is 1. The average molecular weight is 417 g/mol. The van der Waals surface area contributed by atoms with Crippen molar-refractivity contribution < 1.29 is 9.32 Å². The minimum atomic E-state index is 0.108. The zero-order valence-corrected chi connectivity index (χ0v) is 18.7. The lowest BCUT2D eigenvalue weighted by atomic mass is 9.96. The Morgan fingerprint density at radius 1 is 1.31 bits per heavy atom. The number of hydrogen-bond donors (Lipinski definition) is 1. The molecule has 1 aromatic carbocycles. The summed E-state index contributed by atoms with van der Waals surface area (Å²) in [6, 6.07) is 8.09. The lowest BCUT2D eigenvalue weighted by molar-refractivity contribution is -0.126. The van der Waals surface area contributed by atoms with Crippen LogP contribution in [0.15, 0.2) is 28.8 Å². The third-order valence-electron chi connectivity index (χ3n) is 5.00. The van der Waals surface area contributed by atoms with Crippen LogP contribution in [0.25, 0.3) is 11.4 Å². The normalized spacial score (nSPS) is 16.1. The van der Waals surface area contributed by atoms with Gasteiger partial charge in [-0.1, -0.05) is 49.7 Å². The highest BCUT2D eigenvalue weighted by Gasteiger charge is 2.26. The van der Waals surface area contributed by atoms with Gasteiger partial charge in [-0.3, -0.25) is 9.69 Å². The predicted octanol–water partition coefficient (Wildman–Crippen LogP) is 3.90. The molecule has 0 aliphatic carbocycles. The van der Waals surface area contributed by atoms with Gasteiger partial charge in [-0.25, -0.2) is 0 Å². The van der Waals surface area contributed by atoms with E-state index >= 15 is 0 Å². The number of hydrogen-bond acceptors (Lipinski definition) is 6. The second-order valence-corrected chi connectivity index (χ2v) is 10.6. The van der Waals surface area contributed by atoms with E-state index in [0.717, 1.165) is 43.8 Å². The van der Waals surface area contributed by atoms with E-state index in [9.17, 15) is 4.79 Å². The van der Waals surface area contributed by atoms with Gasteiger partial charge in [0.25, 0.3) is 0 Å². The van der Waals surface area contributed by atoms with E-state index in [1.165, 1.54) is 5.56 Å². The number of nitrogens with one attached hydrogen (secondary N) is 1. The number of thioether (sulfide) groups is 1. The van der Waals surface area contributed by atoms with Crippen LogP contribution in [0, 0.1) is 12.8 Å². The van der Waals surface area contributed by atoms with Gasteiger partial charge in [0.05, 0.1) is 6.54 Å². The second kappa shape index (κ2) is 9.76. The lowest BCUT2D eigenvalue weighted by Crippen LogP contribution is -2.40. The maximum absolute atomic E-state index is 12.4. The maximum atomic E-state index is 12.4. The van der Waals surface area contributed by atoms with Gasteiger partial charge in [0.1, 0.15) is 0 Å². The number of carbonyl (C=O) groups is 1. The van der Waals surface area contributed by atoms with E-state index in [4.69, 9.17) is 4.52 Å². The number of carbonyl (C=O) groups excluding carboxylic acids is 1. The Labute approximate surface area is 177 Å². The number of aromatic nitrogens is 2. The SMILES string of the molecule is Cc1cccc(-c2noc(CN3CCC(C(=O)NCCSC(C)(C)C)CC3)n2)c1. The number of aryl methyl sites for hydroxylation is 1. The van der Waals surface area contributed by atoms with E-state index in [1.807, 2.05) is 36.9 Å². The van der Waals surface area contributed by atoms with Crippen LogP contribution in [-0.4, -0.2) is 51.1 Å². The van der Waals surface area contributed by atoms with Crippen LogP contribution in [0.1, 0.15) is 45.1 Å². The first-order valence-electron chi connectivity index (χ1n) is 10.3. The Kier molecular flexibility index (Phi) is 7.35. The molecule has 0 spiro atoms. The van der Waals surface area contributed by atoms with Crippen molar-refractivity contribution in [3.8, 4) is 11.4 Å². The first-order chi connectivity index (χ1) is 13.8. The number of likely N-dealkylation sites (tertiary alicyclic amines) is 1. The van der Waals surface area contributed by atoms with Crippen molar-refractivity contribution in [2.24, 2.45) is 5.92 Å². The largest absolute Gasteiger partial charge is 0.355 e. The van der Waals surface area contributed by atoms with Gasteiger partial charge in [-0.2, -0.15) is 16.7 Å². The summed E-state index contributed by atoms with van der Waals surface area (Å²) in [5.74, 6) is 2.51. The fourth-order valence-corrected chi connectivity index (χ4v) is 4.26. The fourth-order valence-electron chi connectivity index (χ4n) is 3.44. The molecule has 1 aromatic heterocycles. The van der Waals surface area contributed by atoms with E-state index < -0.39 is 0 Å². The van der Waals surface area contributed by atoms with Gasteiger partial charge in [0, 0.05) is 28.5 Å². The molecule has 0 saturated carbocycles. The van der Waals surface area contributed by atoms with Crippen LogP contribution in [0.5, 0.6) is 0 Å². The molecule has 158 valence electrons. The zero-order chi connectivity index (χ0) is 20.9. The van der Waals surface area contributed by atoms with Crippen molar-refractivity contribution in [2.75, 3.05) is 25.4 Å². The zero-order valence-electron chi connectivity index (χ0n) is 17.9. The Hall–Kier alpha value is -1.86. The summed E-state index contributed by atoms with van der Waals surface area (Å²) in [5, 5.41) is 7.21. The van der Waals surface area contributed by atoms with Gasteiger partial charge in [0.15, 0.2) is 0 Å². The summed E-state index contributed by atoms with van der Waals surface area (Å²) in [5.41, 5.74) is 2.14. The molecular formula is C22H32N4O2S. The number of amides is 1. The molecule has 1 fully saturated rings. The molecule has 1 aliphatic heterocycles. The third kappa shape index (κ3) is 6.85. The Balaban J connectivity index is 1.41. The number of nitrogens with zero attached hydrogens (tertiary/aromatic N) is 3. The van der Waals surface area contributed by atoms with Crippen molar-refractivity contribution in [3.05, 3.63) is 35.7 Å². The van der Waals surface area contributed by atoms with Crippen LogP contribution < -0.4 is 5.32 Å². The molecule has 7 heteroatoms. The number of piperidine rings is 1. The number of rotatable bonds is 7. The maximum Gasteiger partial charge on any atom is 0.241 e. The summed E-state index contributed by atoms with van der Waals surface area (Å²) >= 11 is 1.88. The quantitative estimate of drug-likeness (QED) is 0.690. The lowest BCUT2D eigenvalue weighted by Gasteiger charge is -2.30. The molecule has 1 N–H and O–H groups in total. The van der Waals surface area contributed by atoms with E-state index in [2.05, 4.69) is 47.2 Å². The molecule has 1 amide bonds. The van der Waals surface area contributed by atoms with Crippen LogP contribution in [0.4, 0.5) is 0 Å². The molecular weight excluding hydrogens is 384 g/mol. The summed E-state index contributed by atoms with van der Waals surface area (Å²) in [6.07, 6.45) is 1.74. The van der Waals surface area contributed by atoms with Crippen LogP contribution in [0.2, 0.25) is 0 Å². The van der Waals surface area contributed by atoms with E-state index in [1.54, 1.807) is 0 Å². The van der Waals surface area contributed by atoms with E-state index in [-0.39, 0.29) is 16.6 Å². The van der Waals surface area contributed by atoms with Gasteiger partial charge < -0.3 is 9.84 Å². The summed E-state index contributed by atoms with van der Waals surface area (Å²) in [7, 11) is 0. The molecule has 0 radical (unpaired) electrons. The molecule has 3 rings (SSSR count). The smallest absolute Gasteiger partial charge is 0.241 e. The van der Waals surface area contributed by atoms with Crippen molar-refractivity contribution >= 4 is 17.7 Å². The first kappa shape index (κ1) is 21.8. The van der Waals surface area contributed by atoms with E-state index in [0.29, 0.717) is 18.3 Å². The summed E-state index contributed by atoms with van der Waals surface area (Å²) in [4.78, 5) is 19.2. The Morgan fingerprint density at radius 2 is 2.07 bits per heavy atom. The van der Waals surface area contributed by atoms with Crippen molar-refractivity contribution in [2.45, 2.75) is 51.8 Å². The third-order valence-corrected chi connectivity index (χ3v) is 6.27. The molecule has 6 nitrogen and oxygen atoms in total. The summed E-state index contributed by atoms with van der Waals surface area (Å²) in [6.45, 7) is 11.8. The predicted molar refractivity (Wildman–Crippen MR) is 118 cm³/mol. The molecule has 1 aliphatic rings. The van der Waals surface area contributed by atoms with Gasteiger partial charge in [-0.15, -0.1) is 0 Å². The summed E-state index contributed by atoms with van der Waals surface area (Å²) < 4.78 is 5.68. The highest BCUT2D eigenvalue weighted by Crippen LogP contribution is 2.23. The van der Waals surface area contributed by atoms with Gasteiger partial charge in [0.2, 0.25) is 17.6 Å². The second-order valence-electron chi connectivity index (χ2n) is 8.68. The molecule has 2 aromatic rings. The minimum Gasteiger partial charge on any atom is -0.355 e. The topological polar surface area (TPSA) is 71.3 Å². The van der Waals surface area contributed by atoms with Crippen LogP contribution in [-0.2, 0) is 11.3 Å². The fraction of sp³-hybridized carbons (Fsp3) is 0.591. The Bertz CT molecular complexity index is 807. The van der Waals surface area contributed by atoms with Crippen molar-refractivity contribution in [1.82, 2.24) is 20.4 Å². The Morgan fingerprint density at radius 3 is 2.76 bits per heavy atom. The molecule has 0 atom stereocenters. The average Bonchev–Trinajstić information content (AvgIpc) is 3.13. The highest BCUT2D eigenvalue weighted by atomic mass is 32.2. The van der Waals surface area contributed by atoms with Crippen molar-refractivity contribution in [1.29, 1.82) is 0 Å².